The molecular formula is C10H19N3O4. The van der Waals surface area contributed by atoms with Crippen molar-refractivity contribution in [2.75, 3.05) is 6.54 Å². The highest BCUT2D eigenvalue weighted by Crippen LogP contribution is 2.03. The number of carbonyl (C=O) groups is 3. The van der Waals surface area contributed by atoms with Gasteiger partial charge >= 0.3 is 5.97 Å². The molecule has 2 amide bonds. The number of rotatable bonds is 8. The van der Waals surface area contributed by atoms with E-state index in [0.717, 1.165) is 0 Å². The highest BCUT2D eigenvalue weighted by molar-refractivity contribution is 5.85. The molecule has 0 aliphatic heterocycles. The van der Waals surface area contributed by atoms with Gasteiger partial charge < -0.3 is 21.9 Å². The van der Waals surface area contributed by atoms with E-state index in [9.17, 15) is 14.4 Å². The standard InChI is InChI=1S/C10H19N3O4/c1-6(4-5-11)9(15)13-7(10(16)17)2-3-8(12)14/h6-7H,2-5,11H2,1H3,(H2,12,14)(H,13,15)(H,16,17)/t6?,7-/m0/s1. The van der Waals surface area contributed by atoms with E-state index in [-0.39, 0.29) is 24.7 Å². The minimum atomic E-state index is -1.18. The number of amides is 2. The Morgan fingerprint density at radius 1 is 1.29 bits per heavy atom. The van der Waals surface area contributed by atoms with Gasteiger partial charge in [-0.25, -0.2) is 4.79 Å². The zero-order valence-corrected chi connectivity index (χ0v) is 9.81. The number of nitrogens with two attached hydrogens (primary N) is 2. The molecule has 6 N–H and O–H groups in total. The van der Waals surface area contributed by atoms with Crippen LogP contribution in [-0.4, -0.2) is 35.5 Å². The van der Waals surface area contributed by atoms with Crippen molar-refractivity contribution < 1.29 is 19.5 Å². The molecule has 0 heterocycles. The largest absolute Gasteiger partial charge is 0.480 e. The van der Waals surface area contributed by atoms with Crippen LogP contribution in [0, 0.1) is 5.92 Å². The van der Waals surface area contributed by atoms with Crippen molar-refractivity contribution in [1.82, 2.24) is 5.32 Å². The highest BCUT2D eigenvalue weighted by atomic mass is 16.4. The van der Waals surface area contributed by atoms with Crippen LogP contribution in [-0.2, 0) is 14.4 Å². The number of hydrogen-bond acceptors (Lipinski definition) is 4. The van der Waals surface area contributed by atoms with Crippen molar-refractivity contribution in [2.24, 2.45) is 17.4 Å². The minimum absolute atomic E-state index is 0.00818. The van der Waals surface area contributed by atoms with Gasteiger partial charge in [0, 0.05) is 12.3 Å². The van der Waals surface area contributed by atoms with Gasteiger partial charge in [-0.3, -0.25) is 9.59 Å². The van der Waals surface area contributed by atoms with Crippen LogP contribution in [0.5, 0.6) is 0 Å². The lowest BCUT2D eigenvalue weighted by Crippen LogP contribution is -2.43. The van der Waals surface area contributed by atoms with E-state index in [0.29, 0.717) is 13.0 Å². The zero-order valence-electron chi connectivity index (χ0n) is 9.81. The van der Waals surface area contributed by atoms with Crippen LogP contribution in [0.25, 0.3) is 0 Å². The Kier molecular flexibility index (Phi) is 6.88. The first kappa shape index (κ1) is 15.4. The summed E-state index contributed by atoms with van der Waals surface area (Å²) in [6, 6.07) is -1.09. The third-order valence-electron chi connectivity index (χ3n) is 2.34. The summed E-state index contributed by atoms with van der Waals surface area (Å²) in [7, 11) is 0. The topological polar surface area (TPSA) is 136 Å². The first-order chi connectivity index (χ1) is 7.88. The Balaban J connectivity index is 4.29. The van der Waals surface area contributed by atoms with Crippen LogP contribution >= 0.6 is 0 Å². The Morgan fingerprint density at radius 3 is 2.29 bits per heavy atom. The minimum Gasteiger partial charge on any atom is -0.480 e. The number of nitrogens with one attached hydrogen (secondary N) is 1. The van der Waals surface area contributed by atoms with Crippen LogP contribution in [0.15, 0.2) is 0 Å². The van der Waals surface area contributed by atoms with E-state index in [1.54, 1.807) is 6.92 Å². The van der Waals surface area contributed by atoms with Crippen molar-refractivity contribution in [3.05, 3.63) is 0 Å². The molecule has 1 unspecified atom stereocenters. The summed E-state index contributed by atoms with van der Waals surface area (Å²) >= 11 is 0. The molecule has 0 spiro atoms. The quantitative estimate of drug-likeness (QED) is 0.426. The van der Waals surface area contributed by atoms with Gasteiger partial charge in [-0.05, 0) is 19.4 Å². The molecule has 98 valence electrons. The lowest BCUT2D eigenvalue weighted by atomic mass is 10.1. The Bertz CT molecular complexity index is 293. The number of carboxylic acid groups (broad SMARTS) is 1. The predicted molar refractivity (Wildman–Crippen MR) is 60.8 cm³/mol. The number of carboxylic acids is 1. The van der Waals surface area contributed by atoms with Crippen LogP contribution < -0.4 is 16.8 Å². The van der Waals surface area contributed by atoms with Crippen molar-refractivity contribution in [1.29, 1.82) is 0 Å². The van der Waals surface area contributed by atoms with E-state index in [4.69, 9.17) is 16.6 Å². The van der Waals surface area contributed by atoms with E-state index in [1.165, 1.54) is 0 Å². The second-order valence-electron chi connectivity index (χ2n) is 3.88. The van der Waals surface area contributed by atoms with Crippen LogP contribution in [0.2, 0.25) is 0 Å². The summed E-state index contributed by atoms with van der Waals surface area (Å²) in [6.45, 7) is 2.02. The van der Waals surface area contributed by atoms with Crippen LogP contribution in [0.1, 0.15) is 26.2 Å². The fourth-order valence-corrected chi connectivity index (χ4v) is 1.24. The van der Waals surface area contributed by atoms with Crippen LogP contribution in [0.3, 0.4) is 0 Å². The molecule has 0 saturated carbocycles. The number of carbonyl (C=O) groups excluding carboxylic acids is 2. The van der Waals surface area contributed by atoms with Gasteiger partial charge in [0.2, 0.25) is 11.8 Å². The summed E-state index contributed by atoms with van der Waals surface area (Å²) < 4.78 is 0. The molecule has 0 bridgehead atoms. The summed E-state index contributed by atoms with van der Waals surface area (Å²) in [6.07, 6.45) is 0.391. The SMILES string of the molecule is CC(CCN)C(=O)N[C@@H](CCC(N)=O)C(=O)O. The third-order valence-corrected chi connectivity index (χ3v) is 2.34. The van der Waals surface area contributed by atoms with E-state index < -0.39 is 17.9 Å². The molecule has 0 aliphatic carbocycles. The molecule has 0 aliphatic rings. The lowest BCUT2D eigenvalue weighted by molar-refractivity contribution is -0.142. The fraction of sp³-hybridized carbons (Fsp3) is 0.700. The first-order valence-corrected chi connectivity index (χ1v) is 5.40. The maximum Gasteiger partial charge on any atom is 0.326 e. The van der Waals surface area contributed by atoms with Crippen molar-refractivity contribution >= 4 is 17.8 Å². The Hall–Kier alpha value is -1.63. The molecular weight excluding hydrogens is 226 g/mol. The van der Waals surface area contributed by atoms with Crippen LogP contribution in [0.4, 0.5) is 0 Å². The molecule has 0 aromatic rings. The zero-order chi connectivity index (χ0) is 13.4. The van der Waals surface area contributed by atoms with Crippen molar-refractivity contribution in [3.63, 3.8) is 0 Å². The summed E-state index contributed by atoms with van der Waals surface area (Å²) in [4.78, 5) is 32.9. The van der Waals surface area contributed by atoms with E-state index in [2.05, 4.69) is 5.32 Å². The molecule has 7 nitrogen and oxygen atoms in total. The first-order valence-electron chi connectivity index (χ1n) is 5.40. The van der Waals surface area contributed by atoms with Gasteiger partial charge in [-0.1, -0.05) is 6.92 Å². The number of primary amides is 1. The van der Waals surface area contributed by atoms with Gasteiger partial charge in [0.25, 0.3) is 0 Å². The Morgan fingerprint density at radius 2 is 1.88 bits per heavy atom. The molecule has 0 radical (unpaired) electrons. The van der Waals surface area contributed by atoms with E-state index >= 15 is 0 Å². The maximum absolute atomic E-state index is 11.5. The molecule has 2 atom stereocenters. The molecule has 7 heteroatoms. The van der Waals surface area contributed by atoms with Gasteiger partial charge in [0.1, 0.15) is 6.04 Å². The maximum atomic E-state index is 11.5. The van der Waals surface area contributed by atoms with Crippen molar-refractivity contribution in [3.8, 4) is 0 Å². The summed E-state index contributed by atoms with van der Waals surface area (Å²) in [5.74, 6) is -2.51. The summed E-state index contributed by atoms with van der Waals surface area (Å²) in [5, 5.41) is 11.2. The average Bonchev–Trinajstić information content (AvgIpc) is 2.23. The normalized spacial score (nSPS) is 13.8. The smallest absolute Gasteiger partial charge is 0.326 e. The van der Waals surface area contributed by atoms with E-state index in [1.807, 2.05) is 0 Å². The number of aliphatic carboxylic acids is 1. The van der Waals surface area contributed by atoms with Gasteiger partial charge in [0.05, 0.1) is 0 Å². The third kappa shape index (κ3) is 6.52. The molecule has 17 heavy (non-hydrogen) atoms. The second kappa shape index (κ2) is 7.61. The molecule has 0 aromatic heterocycles. The predicted octanol–water partition coefficient (Wildman–Crippen LogP) is -1.19. The van der Waals surface area contributed by atoms with Gasteiger partial charge in [-0.15, -0.1) is 0 Å². The number of hydrogen-bond donors (Lipinski definition) is 4. The molecule has 0 fully saturated rings. The molecule has 0 aromatic carbocycles. The Labute approximate surface area is 99.5 Å². The highest BCUT2D eigenvalue weighted by Gasteiger charge is 2.22. The monoisotopic (exact) mass is 245 g/mol. The summed E-state index contributed by atoms with van der Waals surface area (Å²) in [5.41, 5.74) is 10.2. The lowest BCUT2D eigenvalue weighted by Gasteiger charge is -2.16. The fourth-order valence-electron chi connectivity index (χ4n) is 1.24. The molecule has 0 rings (SSSR count). The average molecular weight is 245 g/mol. The molecule has 0 saturated heterocycles. The van der Waals surface area contributed by atoms with Crippen molar-refractivity contribution in [2.45, 2.75) is 32.2 Å². The second-order valence-corrected chi connectivity index (χ2v) is 3.88. The van der Waals surface area contributed by atoms with Gasteiger partial charge in [-0.2, -0.15) is 0 Å². The van der Waals surface area contributed by atoms with Gasteiger partial charge in [0.15, 0.2) is 0 Å².